The zero-order valence-corrected chi connectivity index (χ0v) is 14.6. The van der Waals surface area contributed by atoms with Gasteiger partial charge >= 0.3 is 0 Å². The van der Waals surface area contributed by atoms with E-state index in [1.54, 1.807) is 6.07 Å². The van der Waals surface area contributed by atoms with Crippen LogP contribution in [-0.4, -0.2) is 44.5 Å². The molecule has 1 rings (SSSR count). The Morgan fingerprint density at radius 1 is 1.32 bits per heavy atom. The lowest BCUT2D eigenvalue weighted by molar-refractivity contribution is -0.121. The number of nitrogens with one attached hydrogen (secondary N) is 1. The van der Waals surface area contributed by atoms with Crippen molar-refractivity contribution in [3.05, 3.63) is 34.9 Å². The van der Waals surface area contributed by atoms with Gasteiger partial charge in [0.1, 0.15) is 0 Å². The number of carbonyl (C=O) groups is 1. The Labute approximate surface area is 137 Å². The van der Waals surface area contributed by atoms with Crippen LogP contribution in [0.5, 0.6) is 0 Å². The van der Waals surface area contributed by atoms with E-state index in [-0.39, 0.29) is 18.9 Å². The molecule has 0 aliphatic carbocycles. The fourth-order valence-electron chi connectivity index (χ4n) is 1.97. The molecule has 1 N–H and O–H groups in total. The smallest absolute Gasteiger partial charge is 0.221 e. The zero-order chi connectivity index (χ0) is 16.6. The Bertz CT molecular complexity index is 590. The molecule has 0 bridgehead atoms. The molecule has 0 aliphatic heterocycles. The number of hydrogen-bond donors (Lipinski definition) is 1. The van der Waals surface area contributed by atoms with E-state index in [9.17, 15) is 13.2 Å². The second kappa shape index (κ2) is 9.12. The Balaban J connectivity index is 2.57. The van der Waals surface area contributed by atoms with Crippen molar-refractivity contribution in [3.8, 4) is 0 Å². The third-order valence-electron chi connectivity index (χ3n) is 3.17. The lowest BCUT2D eigenvalue weighted by atomic mass is 10.1. The molecule has 0 aliphatic rings. The van der Waals surface area contributed by atoms with E-state index in [0.717, 1.165) is 18.2 Å². The average molecular weight is 347 g/mol. The molecule has 0 fully saturated rings. The highest BCUT2D eigenvalue weighted by Gasteiger charge is 2.17. The summed E-state index contributed by atoms with van der Waals surface area (Å²) >= 11 is 5.92. The van der Waals surface area contributed by atoms with E-state index in [1.165, 1.54) is 4.31 Å². The van der Waals surface area contributed by atoms with Gasteiger partial charge in [-0.1, -0.05) is 30.7 Å². The van der Waals surface area contributed by atoms with Gasteiger partial charge in [-0.3, -0.25) is 4.79 Å². The van der Waals surface area contributed by atoms with Gasteiger partial charge in [0.25, 0.3) is 0 Å². The number of nitrogens with zero attached hydrogens (tertiary/aromatic N) is 1. The first kappa shape index (κ1) is 18.9. The largest absolute Gasteiger partial charge is 0.356 e. The molecule has 0 aromatic heterocycles. The molecule has 22 heavy (non-hydrogen) atoms. The maximum atomic E-state index is 11.8. The second-order valence-electron chi connectivity index (χ2n) is 5.14. The van der Waals surface area contributed by atoms with E-state index in [1.807, 2.05) is 25.1 Å². The molecule has 5 nitrogen and oxygen atoms in total. The van der Waals surface area contributed by atoms with E-state index in [4.69, 9.17) is 11.6 Å². The van der Waals surface area contributed by atoms with Gasteiger partial charge in [0, 0.05) is 31.1 Å². The van der Waals surface area contributed by atoms with Crippen LogP contribution in [0, 0.1) is 0 Å². The lowest BCUT2D eigenvalue weighted by Gasteiger charge is -2.19. The second-order valence-corrected chi connectivity index (χ2v) is 7.56. The molecular weight excluding hydrogens is 324 g/mol. The normalized spacial score (nSPS) is 11.6. The molecular formula is C15H23ClN2O3S. The van der Waals surface area contributed by atoms with Crippen molar-refractivity contribution in [2.45, 2.75) is 26.2 Å². The van der Waals surface area contributed by atoms with Gasteiger partial charge in [-0.05, 0) is 30.5 Å². The maximum Gasteiger partial charge on any atom is 0.221 e. The van der Waals surface area contributed by atoms with Crippen LogP contribution in [-0.2, 0) is 21.2 Å². The summed E-state index contributed by atoms with van der Waals surface area (Å²) in [5.41, 5.74) is 0.969. The number of benzene rings is 1. The highest BCUT2D eigenvalue weighted by Crippen LogP contribution is 2.12. The Kier molecular flexibility index (Phi) is 7.85. The van der Waals surface area contributed by atoms with Crippen LogP contribution >= 0.6 is 11.6 Å². The summed E-state index contributed by atoms with van der Waals surface area (Å²) in [6.07, 6.45) is 2.75. The molecule has 0 atom stereocenters. The summed E-state index contributed by atoms with van der Waals surface area (Å²) in [7, 11) is -3.34. The van der Waals surface area contributed by atoms with Gasteiger partial charge in [0.05, 0.1) is 6.26 Å². The van der Waals surface area contributed by atoms with Crippen molar-refractivity contribution in [1.29, 1.82) is 0 Å². The van der Waals surface area contributed by atoms with Crippen molar-refractivity contribution < 1.29 is 13.2 Å². The molecule has 0 saturated carbocycles. The highest BCUT2D eigenvalue weighted by atomic mass is 35.5. The van der Waals surface area contributed by atoms with Crippen LogP contribution < -0.4 is 5.32 Å². The van der Waals surface area contributed by atoms with E-state index >= 15 is 0 Å². The van der Waals surface area contributed by atoms with Crippen LogP contribution in [0.1, 0.15) is 25.3 Å². The summed E-state index contributed by atoms with van der Waals surface area (Å²) in [5.74, 6) is -0.127. The summed E-state index contributed by atoms with van der Waals surface area (Å²) in [6.45, 7) is 3.10. The molecule has 7 heteroatoms. The molecule has 0 saturated heterocycles. The van der Waals surface area contributed by atoms with Gasteiger partial charge in [-0.25, -0.2) is 12.7 Å². The molecule has 0 radical (unpaired) electrons. The van der Waals surface area contributed by atoms with Gasteiger partial charge in [-0.2, -0.15) is 0 Å². The minimum atomic E-state index is -3.34. The molecule has 0 spiro atoms. The topological polar surface area (TPSA) is 66.5 Å². The Morgan fingerprint density at radius 2 is 2.05 bits per heavy atom. The third-order valence-corrected chi connectivity index (χ3v) is 4.71. The van der Waals surface area contributed by atoms with Gasteiger partial charge in [-0.15, -0.1) is 0 Å². The number of rotatable bonds is 9. The summed E-state index contributed by atoms with van der Waals surface area (Å²) < 4.78 is 25.0. The molecule has 1 aromatic rings. The first-order chi connectivity index (χ1) is 10.3. The van der Waals surface area contributed by atoms with E-state index in [2.05, 4.69) is 5.32 Å². The van der Waals surface area contributed by atoms with Crippen LogP contribution in [0.3, 0.4) is 0 Å². The van der Waals surface area contributed by atoms with Crippen LogP contribution in [0.15, 0.2) is 24.3 Å². The predicted octanol–water partition coefficient (Wildman–Crippen LogP) is 2.06. The number of sulfonamides is 1. The maximum absolute atomic E-state index is 11.8. The summed E-state index contributed by atoms with van der Waals surface area (Å²) in [6, 6.07) is 7.33. The molecule has 124 valence electrons. The zero-order valence-electron chi connectivity index (χ0n) is 13.0. The van der Waals surface area contributed by atoms with E-state index < -0.39 is 10.0 Å². The van der Waals surface area contributed by atoms with Crippen LogP contribution in [0.4, 0.5) is 0 Å². The number of halogens is 1. The molecule has 1 amide bonds. The molecule has 1 aromatic carbocycles. The predicted molar refractivity (Wildman–Crippen MR) is 89.5 cm³/mol. The minimum absolute atomic E-state index is 0.127. The Hall–Kier alpha value is -1.11. The Morgan fingerprint density at radius 3 is 2.64 bits per heavy atom. The third kappa shape index (κ3) is 7.24. The molecule has 0 heterocycles. The van der Waals surface area contributed by atoms with Crippen LogP contribution in [0.25, 0.3) is 0 Å². The highest BCUT2D eigenvalue weighted by molar-refractivity contribution is 7.88. The van der Waals surface area contributed by atoms with Crippen LogP contribution in [0.2, 0.25) is 5.02 Å². The number of hydrogen-bond acceptors (Lipinski definition) is 3. The van der Waals surface area contributed by atoms with Crippen molar-refractivity contribution in [1.82, 2.24) is 9.62 Å². The van der Waals surface area contributed by atoms with Crippen molar-refractivity contribution in [3.63, 3.8) is 0 Å². The van der Waals surface area contributed by atoms with Gasteiger partial charge in [0.2, 0.25) is 15.9 Å². The number of amides is 1. The summed E-state index contributed by atoms with van der Waals surface area (Å²) in [4.78, 5) is 11.6. The van der Waals surface area contributed by atoms with Gasteiger partial charge < -0.3 is 5.32 Å². The van der Waals surface area contributed by atoms with E-state index in [0.29, 0.717) is 24.5 Å². The number of carbonyl (C=O) groups excluding carboxylic acids is 1. The van der Waals surface area contributed by atoms with Crippen molar-refractivity contribution in [2.75, 3.05) is 25.9 Å². The SMILES string of the molecule is CCCNC(=O)CCN(CCc1cccc(Cl)c1)S(C)(=O)=O. The van der Waals surface area contributed by atoms with Crippen molar-refractivity contribution in [2.24, 2.45) is 0 Å². The quantitative estimate of drug-likeness (QED) is 0.744. The fourth-order valence-corrected chi connectivity index (χ4v) is 3.03. The summed E-state index contributed by atoms with van der Waals surface area (Å²) in [5, 5.41) is 3.37. The van der Waals surface area contributed by atoms with Gasteiger partial charge in [0.15, 0.2) is 0 Å². The first-order valence-electron chi connectivity index (χ1n) is 7.29. The monoisotopic (exact) mass is 346 g/mol. The minimum Gasteiger partial charge on any atom is -0.356 e. The molecule has 0 unspecified atom stereocenters. The fraction of sp³-hybridized carbons (Fsp3) is 0.533. The first-order valence-corrected chi connectivity index (χ1v) is 9.52. The van der Waals surface area contributed by atoms with Crippen molar-refractivity contribution >= 4 is 27.5 Å². The standard InChI is InChI=1S/C15H23ClN2O3S/c1-3-9-17-15(19)8-11-18(22(2,20)21)10-7-13-5-4-6-14(16)12-13/h4-6,12H,3,7-11H2,1-2H3,(H,17,19). The average Bonchev–Trinajstić information content (AvgIpc) is 2.43. The lowest BCUT2D eigenvalue weighted by Crippen LogP contribution is -2.36.